The van der Waals surface area contributed by atoms with Gasteiger partial charge in [-0.1, -0.05) is 0 Å². The third-order valence-corrected chi connectivity index (χ3v) is 4.55. The van der Waals surface area contributed by atoms with Crippen molar-refractivity contribution in [3.63, 3.8) is 0 Å². The number of imide groups is 2. The number of urea groups is 1. The Morgan fingerprint density at radius 3 is 2.24 bits per heavy atom. The van der Waals surface area contributed by atoms with E-state index in [-0.39, 0.29) is 22.8 Å². The van der Waals surface area contributed by atoms with E-state index in [0.717, 1.165) is 4.90 Å². The number of hydrogen-bond donors (Lipinski definition) is 2. The van der Waals surface area contributed by atoms with Crippen LogP contribution in [0.4, 0.5) is 10.5 Å². The highest BCUT2D eigenvalue weighted by molar-refractivity contribution is 6.39. The van der Waals surface area contributed by atoms with Gasteiger partial charge in [-0.05, 0) is 60.9 Å². The second kappa shape index (κ2) is 7.67. The molecule has 4 amide bonds. The van der Waals surface area contributed by atoms with Crippen LogP contribution in [0, 0.1) is 13.8 Å². The van der Waals surface area contributed by atoms with Crippen molar-refractivity contribution in [3.05, 3.63) is 52.6 Å². The number of amides is 4. The fourth-order valence-corrected chi connectivity index (χ4v) is 3.09. The van der Waals surface area contributed by atoms with Crippen LogP contribution in [-0.2, 0) is 9.59 Å². The Hall–Kier alpha value is -3.81. The maximum atomic E-state index is 13.1. The maximum absolute atomic E-state index is 13.1. The topological polar surface area (TPSA) is 105 Å². The van der Waals surface area contributed by atoms with Crippen LogP contribution in [-0.4, -0.2) is 37.2 Å². The van der Waals surface area contributed by atoms with Crippen molar-refractivity contribution in [2.24, 2.45) is 0 Å². The monoisotopic (exact) mass is 396 g/mol. The fourth-order valence-electron chi connectivity index (χ4n) is 3.09. The minimum atomic E-state index is -0.876. The minimum absolute atomic E-state index is 0.145. The number of rotatable bonds is 4. The van der Waals surface area contributed by atoms with Gasteiger partial charge in [0.2, 0.25) is 0 Å². The molecule has 1 aliphatic rings. The summed E-state index contributed by atoms with van der Waals surface area (Å²) in [7, 11) is 2.88. The predicted molar refractivity (Wildman–Crippen MR) is 106 cm³/mol. The Labute approximate surface area is 167 Å². The van der Waals surface area contributed by atoms with Crippen molar-refractivity contribution in [1.82, 2.24) is 5.32 Å². The molecule has 2 N–H and O–H groups in total. The van der Waals surface area contributed by atoms with Gasteiger partial charge in [-0.3, -0.25) is 14.9 Å². The smallest absolute Gasteiger partial charge is 0.336 e. The summed E-state index contributed by atoms with van der Waals surface area (Å²) < 4.78 is 10.4. The fraction of sp³-hybridized carbons (Fsp3) is 0.190. The number of benzene rings is 2. The second-order valence-corrected chi connectivity index (χ2v) is 6.50. The first-order chi connectivity index (χ1) is 13.8. The van der Waals surface area contributed by atoms with Crippen molar-refractivity contribution < 1.29 is 29.0 Å². The van der Waals surface area contributed by atoms with E-state index in [1.165, 1.54) is 32.4 Å². The number of anilines is 1. The molecule has 0 bridgehead atoms. The molecule has 0 radical (unpaired) electrons. The summed E-state index contributed by atoms with van der Waals surface area (Å²) in [6.07, 6.45) is 1.38. The molecule has 2 aromatic rings. The van der Waals surface area contributed by atoms with Crippen LogP contribution in [0.2, 0.25) is 0 Å². The van der Waals surface area contributed by atoms with Crippen LogP contribution in [0.1, 0.15) is 16.7 Å². The molecule has 3 rings (SSSR count). The third kappa shape index (κ3) is 3.64. The summed E-state index contributed by atoms with van der Waals surface area (Å²) in [5.74, 6) is -0.723. The Balaban J connectivity index is 2.08. The molecule has 2 aromatic carbocycles. The predicted octanol–water partition coefficient (Wildman–Crippen LogP) is 2.69. The molecule has 0 saturated carbocycles. The van der Waals surface area contributed by atoms with E-state index in [4.69, 9.17) is 9.47 Å². The first-order valence-electron chi connectivity index (χ1n) is 8.70. The lowest BCUT2D eigenvalue weighted by Crippen LogP contribution is -2.54. The molecule has 150 valence electrons. The standard InChI is InChI=1S/C21H20N2O6/c1-11-7-13(8-12(2)18(11)24)9-15-19(25)22-21(27)23(20(15)26)16-6-5-14(28-3)10-17(16)29-4/h5-10,24H,1-4H3,(H,22,25,27). The van der Waals surface area contributed by atoms with Gasteiger partial charge in [0, 0.05) is 6.07 Å². The number of carbonyl (C=O) groups is 3. The van der Waals surface area contributed by atoms with Gasteiger partial charge in [0.25, 0.3) is 11.8 Å². The molecule has 0 unspecified atom stereocenters. The largest absolute Gasteiger partial charge is 0.507 e. The number of methoxy groups -OCH3 is 2. The van der Waals surface area contributed by atoms with Crippen LogP contribution in [0.15, 0.2) is 35.9 Å². The Morgan fingerprint density at radius 2 is 1.66 bits per heavy atom. The van der Waals surface area contributed by atoms with Crippen LogP contribution < -0.4 is 19.7 Å². The van der Waals surface area contributed by atoms with Gasteiger partial charge < -0.3 is 14.6 Å². The van der Waals surface area contributed by atoms with Crippen LogP contribution in [0.3, 0.4) is 0 Å². The number of ether oxygens (including phenoxy) is 2. The number of hydrogen-bond acceptors (Lipinski definition) is 6. The van der Waals surface area contributed by atoms with E-state index in [9.17, 15) is 19.5 Å². The van der Waals surface area contributed by atoms with Gasteiger partial charge in [-0.15, -0.1) is 0 Å². The van der Waals surface area contributed by atoms with Gasteiger partial charge in [-0.2, -0.15) is 0 Å². The lowest BCUT2D eigenvalue weighted by atomic mass is 10.0. The number of barbiturate groups is 1. The number of carbonyl (C=O) groups excluding carboxylic acids is 3. The molecule has 8 heteroatoms. The quantitative estimate of drug-likeness (QED) is 0.608. The van der Waals surface area contributed by atoms with E-state index in [2.05, 4.69) is 5.32 Å². The first kappa shape index (κ1) is 19.9. The summed E-state index contributed by atoms with van der Waals surface area (Å²) in [6, 6.07) is 7.01. The first-order valence-corrected chi connectivity index (χ1v) is 8.70. The number of phenolic OH excluding ortho intramolecular Hbond substituents is 1. The van der Waals surface area contributed by atoms with Gasteiger partial charge in [0.15, 0.2) is 0 Å². The normalized spacial score (nSPS) is 15.5. The van der Waals surface area contributed by atoms with Gasteiger partial charge in [-0.25, -0.2) is 9.69 Å². The Bertz CT molecular complexity index is 1030. The Kier molecular flexibility index (Phi) is 5.27. The van der Waals surface area contributed by atoms with E-state index in [0.29, 0.717) is 22.4 Å². The number of nitrogens with zero attached hydrogens (tertiary/aromatic N) is 1. The summed E-state index contributed by atoms with van der Waals surface area (Å²) in [5, 5.41) is 12.1. The zero-order chi connectivity index (χ0) is 21.3. The van der Waals surface area contributed by atoms with Gasteiger partial charge in [0.05, 0.1) is 19.9 Å². The summed E-state index contributed by atoms with van der Waals surface area (Å²) in [4.78, 5) is 38.6. The summed E-state index contributed by atoms with van der Waals surface area (Å²) >= 11 is 0. The number of phenols is 1. The summed E-state index contributed by atoms with van der Waals surface area (Å²) in [5.41, 5.74) is 1.71. The van der Waals surface area contributed by atoms with E-state index >= 15 is 0 Å². The number of aromatic hydroxyl groups is 1. The zero-order valence-electron chi connectivity index (χ0n) is 16.4. The molecular weight excluding hydrogens is 376 g/mol. The van der Waals surface area contributed by atoms with Crippen LogP contribution in [0.25, 0.3) is 6.08 Å². The molecule has 0 atom stereocenters. The van der Waals surface area contributed by atoms with Gasteiger partial charge >= 0.3 is 6.03 Å². The highest BCUT2D eigenvalue weighted by Crippen LogP contribution is 2.34. The molecule has 1 heterocycles. The molecule has 0 spiro atoms. The third-order valence-electron chi connectivity index (χ3n) is 4.55. The van der Waals surface area contributed by atoms with Crippen LogP contribution >= 0.6 is 0 Å². The van der Waals surface area contributed by atoms with Crippen molar-refractivity contribution in [2.45, 2.75) is 13.8 Å². The molecule has 8 nitrogen and oxygen atoms in total. The van der Waals surface area contributed by atoms with E-state index < -0.39 is 17.8 Å². The zero-order valence-corrected chi connectivity index (χ0v) is 16.4. The highest BCUT2D eigenvalue weighted by Gasteiger charge is 2.38. The Morgan fingerprint density at radius 1 is 1.00 bits per heavy atom. The van der Waals surface area contributed by atoms with Crippen molar-refractivity contribution in [1.29, 1.82) is 0 Å². The summed E-state index contributed by atoms with van der Waals surface area (Å²) in [6.45, 7) is 3.43. The average Bonchev–Trinajstić information content (AvgIpc) is 2.69. The van der Waals surface area contributed by atoms with E-state index in [1.807, 2.05) is 0 Å². The van der Waals surface area contributed by atoms with Crippen molar-refractivity contribution in [3.8, 4) is 17.2 Å². The second-order valence-electron chi connectivity index (χ2n) is 6.50. The molecular formula is C21H20N2O6. The maximum Gasteiger partial charge on any atom is 0.336 e. The lowest BCUT2D eigenvalue weighted by Gasteiger charge is -2.27. The van der Waals surface area contributed by atoms with Crippen molar-refractivity contribution in [2.75, 3.05) is 19.1 Å². The molecule has 1 fully saturated rings. The minimum Gasteiger partial charge on any atom is -0.507 e. The van der Waals surface area contributed by atoms with Crippen LogP contribution in [0.5, 0.6) is 17.2 Å². The molecule has 1 aliphatic heterocycles. The highest BCUT2D eigenvalue weighted by atomic mass is 16.5. The lowest BCUT2D eigenvalue weighted by molar-refractivity contribution is -0.122. The molecule has 0 aromatic heterocycles. The molecule has 29 heavy (non-hydrogen) atoms. The van der Waals surface area contributed by atoms with Crippen molar-refractivity contribution >= 4 is 29.6 Å². The number of nitrogens with one attached hydrogen (secondary N) is 1. The van der Waals surface area contributed by atoms with E-state index in [1.54, 1.807) is 32.0 Å². The molecule has 1 saturated heterocycles. The average molecular weight is 396 g/mol. The molecule has 0 aliphatic carbocycles. The SMILES string of the molecule is COc1ccc(N2C(=O)NC(=O)C(=Cc3cc(C)c(O)c(C)c3)C2=O)c(OC)c1. The number of aryl methyl sites for hydroxylation is 2. The van der Waals surface area contributed by atoms with Gasteiger partial charge in [0.1, 0.15) is 22.8 Å².